The van der Waals surface area contributed by atoms with E-state index in [1.54, 1.807) is 6.92 Å². The van der Waals surface area contributed by atoms with Gasteiger partial charge in [-0.15, -0.1) is 5.10 Å². The van der Waals surface area contributed by atoms with Crippen molar-refractivity contribution in [3.63, 3.8) is 0 Å². The molecular weight excluding hydrogens is 395 g/mol. The molecule has 30 heavy (non-hydrogen) atoms. The van der Waals surface area contributed by atoms with Crippen molar-refractivity contribution in [1.82, 2.24) is 10.2 Å². The smallest absolute Gasteiger partial charge is 0.408 e. The van der Waals surface area contributed by atoms with Gasteiger partial charge in [0.05, 0.1) is 23.0 Å². The Labute approximate surface area is 171 Å². The Balaban J connectivity index is 1.47. The molecule has 6 nitrogen and oxygen atoms in total. The van der Waals surface area contributed by atoms with Crippen LogP contribution >= 0.6 is 0 Å². The third-order valence-electron chi connectivity index (χ3n) is 5.65. The number of hydrogen-bond donors (Lipinski definition) is 0. The van der Waals surface area contributed by atoms with Crippen LogP contribution in [0.15, 0.2) is 52.9 Å². The lowest BCUT2D eigenvalue weighted by Gasteiger charge is -2.49. The van der Waals surface area contributed by atoms with E-state index in [-0.39, 0.29) is 6.04 Å². The van der Waals surface area contributed by atoms with Gasteiger partial charge in [0.25, 0.3) is 0 Å². The molecule has 1 saturated heterocycles. The van der Waals surface area contributed by atoms with E-state index in [1.165, 1.54) is 12.1 Å². The van der Waals surface area contributed by atoms with Crippen molar-refractivity contribution in [1.29, 1.82) is 0 Å². The Kier molecular flexibility index (Phi) is 4.34. The molecule has 0 saturated carbocycles. The standard InChI is InChI=1S/C21H20F3N5O/c1-14-25-26-20(30-14)27-10-11-28-17(12-27)13-29(19-5-3-2-4-18(19)28)16-8-6-15(7-9-16)21(22,23)24/h2-9,17H,10-13H2,1H3. The highest BCUT2D eigenvalue weighted by molar-refractivity contribution is 5.80. The molecule has 0 aliphatic carbocycles. The van der Waals surface area contributed by atoms with Gasteiger partial charge in [-0.3, -0.25) is 0 Å². The number of aromatic nitrogens is 2. The zero-order chi connectivity index (χ0) is 20.9. The van der Waals surface area contributed by atoms with Crippen LogP contribution in [0.4, 0.5) is 36.2 Å². The fraction of sp³-hybridized carbons (Fsp3) is 0.333. The third-order valence-corrected chi connectivity index (χ3v) is 5.65. The molecule has 1 fully saturated rings. The zero-order valence-electron chi connectivity index (χ0n) is 16.3. The molecule has 1 aromatic heterocycles. The van der Waals surface area contributed by atoms with Crippen LogP contribution in [0.3, 0.4) is 0 Å². The number of para-hydroxylation sites is 2. The van der Waals surface area contributed by atoms with E-state index in [0.717, 1.165) is 42.3 Å². The summed E-state index contributed by atoms with van der Waals surface area (Å²) in [5, 5.41) is 8.05. The summed E-state index contributed by atoms with van der Waals surface area (Å²) < 4.78 is 44.5. The molecule has 3 aromatic rings. The molecule has 5 rings (SSSR count). The maximum absolute atomic E-state index is 13.0. The Morgan fingerprint density at radius 2 is 1.67 bits per heavy atom. The number of alkyl halides is 3. The maximum atomic E-state index is 13.0. The molecule has 0 bridgehead atoms. The second-order valence-electron chi connectivity index (χ2n) is 7.54. The average molecular weight is 415 g/mol. The SMILES string of the molecule is Cc1nnc(N2CCN3c4ccccc4N(c4ccc(C(F)(F)F)cc4)CC3C2)o1. The molecule has 0 radical (unpaired) electrons. The molecule has 156 valence electrons. The number of nitrogens with zero attached hydrogens (tertiary/aromatic N) is 5. The Hall–Kier alpha value is -3.23. The van der Waals surface area contributed by atoms with Gasteiger partial charge in [0.2, 0.25) is 5.89 Å². The maximum Gasteiger partial charge on any atom is 0.416 e. The first kappa shape index (κ1) is 18.8. The van der Waals surface area contributed by atoms with Crippen molar-refractivity contribution >= 4 is 23.1 Å². The fourth-order valence-corrected chi connectivity index (χ4v) is 4.24. The van der Waals surface area contributed by atoms with E-state index in [9.17, 15) is 13.2 Å². The molecule has 1 unspecified atom stereocenters. The molecule has 3 heterocycles. The first-order valence-electron chi connectivity index (χ1n) is 9.76. The number of hydrogen-bond acceptors (Lipinski definition) is 6. The van der Waals surface area contributed by atoms with Gasteiger partial charge in [-0.1, -0.05) is 17.2 Å². The summed E-state index contributed by atoms with van der Waals surface area (Å²) in [4.78, 5) is 6.51. The van der Waals surface area contributed by atoms with Gasteiger partial charge < -0.3 is 19.1 Å². The van der Waals surface area contributed by atoms with Crippen molar-refractivity contribution in [3.05, 3.63) is 60.0 Å². The van der Waals surface area contributed by atoms with Crippen LogP contribution in [0, 0.1) is 6.92 Å². The number of rotatable bonds is 2. The minimum Gasteiger partial charge on any atom is -0.408 e. The molecule has 0 amide bonds. The van der Waals surface area contributed by atoms with E-state index in [1.807, 2.05) is 18.2 Å². The predicted octanol–water partition coefficient (Wildman–Crippen LogP) is 4.24. The molecule has 9 heteroatoms. The van der Waals surface area contributed by atoms with Gasteiger partial charge >= 0.3 is 12.2 Å². The van der Waals surface area contributed by atoms with Gasteiger partial charge in [-0.25, -0.2) is 0 Å². The first-order chi connectivity index (χ1) is 14.4. The second kappa shape index (κ2) is 6.93. The van der Waals surface area contributed by atoms with Gasteiger partial charge in [-0.05, 0) is 36.4 Å². The summed E-state index contributed by atoms with van der Waals surface area (Å²) >= 11 is 0. The van der Waals surface area contributed by atoms with Crippen LogP contribution < -0.4 is 14.7 Å². The molecule has 0 spiro atoms. The molecule has 2 aromatic carbocycles. The Morgan fingerprint density at radius 3 is 2.33 bits per heavy atom. The normalized spacial score (nSPS) is 18.9. The number of piperazine rings is 1. The van der Waals surface area contributed by atoms with E-state index < -0.39 is 11.7 Å². The highest BCUT2D eigenvalue weighted by Crippen LogP contribution is 2.41. The quantitative estimate of drug-likeness (QED) is 0.624. The number of aryl methyl sites for hydroxylation is 1. The zero-order valence-corrected chi connectivity index (χ0v) is 16.3. The number of halogens is 3. The molecule has 0 N–H and O–H groups in total. The predicted molar refractivity (Wildman–Crippen MR) is 107 cm³/mol. The lowest BCUT2D eigenvalue weighted by atomic mass is 10.0. The van der Waals surface area contributed by atoms with E-state index in [4.69, 9.17) is 4.42 Å². The van der Waals surface area contributed by atoms with E-state index in [0.29, 0.717) is 25.0 Å². The number of benzene rings is 2. The number of fused-ring (bicyclic) bond motifs is 3. The van der Waals surface area contributed by atoms with Crippen molar-refractivity contribution < 1.29 is 17.6 Å². The fourth-order valence-electron chi connectivity index (χ4n) is 4.24. The van der Waals surface area contributed by atoms with Gasteiger partial charge in [-0.2, -0.15) is 13.2 Å². The van der Waals surface area contributed by atoms with Crippen molar-refractivity contribution in [2.24, 2.45) is 0 Å². The van der Waals surface area contributed by atoms with Crippen molar-refractivity contribution in [2.45, 2.75) is 19.1 Å². The Morgan fingerprint density at radius 1 is 0.933 bits per heavy atom. The number of anilines is 4. The summed E-state index contributed by atoms with van der Waals surface area (Å²) in [7, 11) is 0. The molecular formula is C21H20F3N5O. The van der Waals surface area contributed by atoms with Crippen LogP contribution in [0.1, 0.15) is 11.5 Å². The van der Waals surface area contributed by atoms with Gasteiger partial charge in [0.15, 0.2) is 0 Å². The van der Waals surface area contributed by atoms with Crippen LogP contribution in [0.25, 0.3) is 0 Å². The average Bonchev–Trinajstić information content (AvgIpc) is 3.18. The minimum atomic E-state index is -4.35. The van der Waals surface area contributed by atoms with Gasteiger partial charge in [0.1, 0.15) is 0 Å². The van der Waals surface area contributed by atoms with Crippen LogP contribution in [0.2, 0.25) is 0 Å². The largest absolute Gasteiger partial charge is 0.416 e. The molecule has 2 aliphatic heterocycles. The summed E-state index contributed by atoms with van der Waals surface area (Å²) in [5.41, 5.74) is 2.17. The van der Waals surface area contributed by atoms with Crippen LogP contribution in [0.5, 0.6) is 0 Å². The topological polar surface area (TPSA) is 48.6 Å². The minimum absolute atomic E-state index is 0.128. The summed E-state index contributed by atoms with van der Waals surface area (Å²) in [6.07, 6.45) is -4.35. The highest BCUT2D eigenvalue weighted by Gasteiger charge is 2.37. The lowest BCUT2D eigenvalue weighted by Crippen LogP contribution is -2.59. The molecule has 1 atom stereocenters. The second-order valence-corrected chi connectivity index (χ2v) is 7.54. The first-order valence-corrected chi connectivity index (χ1v) is 9.76. The van der Waals surface area contributed by atoms with Gasteiger partial charge in [0, 0.05) is 38.8 Å². The third kappa shape index (κ3) is 3.24. The lowest BCUT2D eigenvalue weighted by molar-refractivity contribution is -0.137. The summed E-state index contributed by atoms with van der Waals surface area (Å²) in [6, 6.07) is 14.0. The van der Waals surface area contributed by atoms with Crippen LogP contribution in [-0.2, 0) is 6.18 Å². The summed E-state index contributed by atoms with van der Waals surface area (Å²) in [6.45, 7) is 4.64. The Bertz CT molecular complexity index is 1050. The monoisotopic (exact) mass is 415 g/mol. The molecule has 2 aliphatic rings. The van der Waals surface area contributed by atoms with E-state index >= 15 is 0 Å². The van der Waals surface area contributed by atoms with Crippen molar-refractivity contribution in [3.8, 4) is 0 Å². The van der Waals surface area contributed by atoms with E-state index in [2.05, 4.69) is 31.0 Å². The van der Waals surface area contributed by atoms with Crippen molar-refractivity contribution in [2.75, 3.05) is 40.9 Å². The highest BCUT2D eigenvalue weighted by atomic mass is 19.4. The summed E-state index contributed by atoms with van der Waals surface area (Å²) in [5.74, 6) is 0.521. The van der Waals surface area contributed by atoms with Crippen LogP contribution in [-0.4, -0.2) is 42.4 Å².